The van der Waals surface area contributed by atoms with E-state index < -0.39 is 5.92 Å². The van der Waals surface area contributed by atoms with E-state index in [2.05, 4.69) is 21.2 Å². The minimum Gasteiger partial charge on any atom is -0.356 e. The van der Waals surface area contributed by atoms with Gasteiger partial charge in [0, 0.05) is 30.1 Å². The topological polar surface area (TPSA) is 29.1 Å². The maximum Gasteiger partial charge on any atom is 0.248 e. The molecule has 0 spiro atoms. The number of carbonyl (C=O) groups is 1. The minimum absolute atomic E-state index is 0.0271. The van der Waals surface area contributed by atoms with Crippen molar-refractivity contribution < 1.29 is 13.6 Å². The van der Waals surface area contributed by atoms with Gasteiger partial charge >= 0.3 is 0 Å². The number of halogens is 3. The van der Waals surface area contributed by atoms with E-state index in [1.165, 1.54) is 12.8 Å². The molecule has 0 heterocycles. The summed E-state index contributed by atoms with van der Waals surface area (Å²) in [4.78, 5) is 12.5. The predicted molar refractivity (Wildman–Crippen MR) is 74.6 cm³/mol. The van der Waals surface area contributed by atoms with E-state index in [1.54, 1.807) is 0 Å². The highest BCUT2D eigenvalue weighted by Crippen LogP contribution is 2.36. The quantitative estimate of drug-likeness (QED) is 0.778. The van der Waals surface area contributed by atoms with E-state index in [4.69, 9.17) is 0 Å². The molecule has 2 atom stereocenters. The molecule has 2 aliphatic rings. The summed E-state index contributed by atoms with van der Waals surface area (Å²) in [5.41, 5.74) is 0. The fourth-order valence-corrected chi connectivity index (χ4v) is 3.85. The molecule has 2 rings (SSSR count). The van der Waals surface area contributed by atoms with Crippen molar-refractivity contribution in [2.24, 2.45) is 11.8 Å². The molecule has 0 bridgehead atoms. The summed E-state index contributed by atoms with van der Waals surface area (Å²) in [6.45, 7) is 0.682. The Morgan fingerprint density at radius 2 is 1.79 bits per heavy atom. The van der Waals surface area contributed by atoms with Crippen LogP contribution in [0.15, 0.2) is 0 Å². The summed E-state index contributed by atoms with van der Waals surface area (Å²) in [5.74, 6) is -2.30. The third-order valence-electron chi connectivity index (χ3n) is 4.44. The van der Waals surface area contributed by atoms with Crippen molar-refractivity contribution in [2.75, 3.05) is 6.54 Å². The van der Waals surface area contributed by atoms with Crippen LogP contribution in [0.3, 0.4) is 0 Å². The summed E-state index contributed by atoms with van der Waals surface area (Å²) in [7, 11) is 0. The normalized spacial score (nSPS) is 31.9. The van der Waals surface area contributed by atoms with E-state index in [-0.39, 0.29) is 24.7 Å². The largest absolute Gasteiger partial charge is 0.356 e. The molecule has 0 saturated heterocycles. The molecule has 0 aromatic heterocycles. The molecule has 2 aliphatic carbocycles. The first-order valence-electron chi connectivity index (χ1n) is 7.27. The molecule has 2 unspecified atom stereocenters. The first kappa shape index (κ1) is 15.2. The SMILES string of the molecule is O=C(NCC1CCCCC1Br)C1CCC(F)(F)CC1. The fraction of sp³-hybridized carbons (Fsp3) is 0.929. The van der Waals surface area contributed by atoms with Crippen LogP contribution in [0.5, 0.6) is 0 Å². The van der Waals surface area contributed by atoms with E-state index in [0.717, 1.165) is 12.8 Å². The summed E-state index contributed by atoms with van der Waals surface area (Å²) >= 11 is 3.67. The number of carbonyl (C=O) groups excluding carboxylic acids is 1. The molecule has 0 aromatic carbocycles. The lowest BCUT2D eigenvalue weighted by atomic mass is 9.85. The van der Waals surface area contributed by atoms with E-state index >= 15 is 0 Å². The maximum atomic E-state index is 13.0. The number of rotatable bonds is 3. The second-order valence-electron chi connectivity index (χ2n) is 5.94. The highest BCUT2D eigenvalue weighted by Gasteiger charge is 2.37. The monoisotopic (exact) mass is 337 g/mol. The Balaban J connectivity index is 1.72. The molecule has 1 N–H and O–H groups in total. The second kappa shape index (κ2) is 6.51. The highest BCUT2D eigenvalue weighted by atomic mass is 79.9. The van der Waals surface area contributed by atoms with E-state index in [1.807, 2.05) is 0 Å². The first-order valence-corrected chi connectivity index (χ1v) is 8.19. The van der Waals surface area contributed by atoms with Gasteiger partial charge in [-0.1, -0.05) is 28.8 Å². The Morgan fingerprint density at radius 1 is 1.16 bits per heavy atom. The van der Waals surface area contributed by atoms with Crippen LogP contribution in [0.2, 0.25) is 0 Å². The second-order valence-corrected chi connectivity index (χ2v) is 7.11. The third-order valence-corrected chi connectivity index (χ3v) is 5.65. The van der Waals surface area contributed by atoms with Gasteiger partial charge in [-0.15, -0.1) is 0 Å². The Bertz CT molecular complexity index is 315. The average molecular weight is 338 g/mol. The highest BCUT2D eigenvalue weighted by molar-refractivity contribution is 9.09. The molecule has 0 radical (unpaired) electrons. The van der Waals surface area contributed by atoms with Gasteiger partial charge in [-0.05, 0) is 31.6 Å². The zero-order valence-corrected chi connectivity index (χ0v) is 12.7. The van der Waals surface area contributed by atoms with Gasteiger partial charge in [0.1, 0.15) is 0 Å². The van der Waals surface area contributed by atoms with Crippen molar-refractivity contribution in [1.29, 1.82) is 0 Å². The molecular weight excluding hydrogens is 316 g/mol. The van der Waals surface area contributed by atoms with Crippen LogP contribution in [-0.2, 0) is 4.79 Å². The molecule has 2 nitrogen and oxygen atoms in total. The van der Waals surface area contributed by atoms with Gasteiger partial charge < -0.3 is 5.32 Å². The lowest BCUT2D eigenvalue weighted by molar-refractivity contribution is -0.129. The van der Waals surface area contributed by atoms with E-state index in [9.17, 15) is 13.6 Å². The molecule has 19 heavy (non-hydrogen) atoms. The Kier molecular flexibility index (Phi) is 5.21. The minimum atomic E-state index is -2.55. The average Bonchev–Trinajstić information content (AvgIpc) is 2.37. The van der Waals surface area contributed by atoms with Crippen molar-refractivity contribution in [3.05, 3.63) is 0 Å². The van der Waals surface area contributed by atoms with Gasteiger partial charge in [0.05, 0.1) is 0 Å². The van der Waals surface area contributed by atoms with Crippen molar-refractivity contribution in [2.45, 2.75) is 62.1 Å². The van der Waals surface area contributed by atoms with Crippen LogP contribution in [-0.4, -0.2) is 23.2 Å². The summed E-state index contributed by atoms with van der Waals surface area (Å²) in [5, 5.41) is 2.97. The van der Waals surface area contributed by atoms with Crippen molar-refractivity contribution in [1.82, 2.24) is 5.32 Å². The predicted octanol–water partition coefficient (Wildman–Crippen LogP) is 3.88. The smallest absolute Gasteiger partial charge is 0.248 e. The number of alkyl halides is 3. The van der Waals surface area contributed by atoms with Gasteiger partial charge in [-0.3, -0.25) is 4.79 Å². The van der Waals surface area contributed by atoms with Crippen molar-refractivity contribution in [3.8, 4) is 0 Å². The van der Waals surface area contributed by atoms with Gasteiger partial charge in [0.2, 0.25) is 11.8 Å². The molecule has 0 aromatic rings. The fourth-order valence-electron chi connectivity index (χ4n) is 3.07. The van der Waals surface area contributed by atoms with E-state index in [0.29, 0.717) is 30.1 Å². The van der Waals surface area contributed by atoms with Crippen LogP contribution in [0.25, 0.3) is 0 Å². The Morgan fingerprint density at radius 3 is 2.42 bits per heavy atom. The number of hydrogen-bond donors (Lipinski definition) is 1. The van der Waals surface area contributed by atoms with Crippen LogP contribution in [0.1, 0.15) is 51.4 Å². The zero-order chi connectivity index (χ0) is 13.9. The van der Waals surface area contributed by atoms with Gasteiger partial charge in [0.25, 0.3) is 0 Å². The van der Waals surface area contributed by atoms with Crippen molar-refractivity contribution >= 4 is 21.8 Å². The lowest BCUT2D eigenvalue weighted by Crippen LogP contribution is -2.40. The van der Waals surface area contributed by atoms with Crippen LogP contribution >= 0.6 is 15.9 Å². The molecule has 1 amide bonds. The molecule has 2 fully saturated rings. The van der Waals surface area contributed by atoms with Gasteiger partial charge in [-0.25, -0.2) is 8.78 Å². The molecule has 2 saturated carbocycles. The number of amides is 1. The van der Waals surface area contributed by atoms with Crippen LogP contribution in [0.4, 0.5) is 8.78 Å². The van der Waals surface area contributed by atoms with Gasteiger partial charge in [-0.2, -0.15) is 0 Å². The standard InChI is InChI=1S/C14H22BrF2NO/c15-12-4-2-1-3-11(12)9-18-13(19)10-5-7-14(16,17)8-6-10/h10-12H,1-9H2,(H,18,19). The lowest BCUT2D eigenvalue weighted by Gasteiger charge is -2.30. The molecule has 5 heteroatoms. The van der Waals surface area contributed by atoms with Crippen LogP contribution < -0.4 is 5.32 Å². The summed E-state index contributed by atoms with van der Waals surface area (Å²) in [6.07, 6.45) is 5.12. The Hall–Kier alpha value is -0.190. The molecule has 110 valence electrons. The van der Waals surface area contributed by atoms with Crippen LogP contribution in [0, 0.1) is 11.8 Å². The molecular formula is C14H22BrF2NO. The Labute approximate surface area is 121 Å². The summed E-state index contributed by atoms with van der Waals surface area (Å²) in [6, 6.07) is 0. The molecule has 0 aliphatic heterocycles. The number of hydrogen-bond acceptors (Lipinski definition) is 1. The van der Waals surface area contributed by atoms with Crippen molar-refractivity contribution in [3.63, 3.8) is 0 Å². The first-order chi connectivity index (χ1) is 8.98. The third kappa shape index (κ3) is 4.40. The van der Waals surface area contributed by atoms with Gasteiger partial charge in [0.15, 0.2) is 0 Å². The summed E-state index contributed by atoms with van der Waals surface area (Å²) < 4.78 is 26.1. The number of nitrogens with one attached hydrogen (secondary N) is 1. The maximum absolute atomic E-state index is 13.0. The zero-order valence-electron chi connectivity index (χ0n) is 11.1.